The Morgan fingerprint density at radius 1 is 1.36 bits per heavy atom. The van der Waals surface area contributed by atoms with Gasteiger partial charge in [-0.2, -0.15) is 4.72 Å². The fourth-order valence-corrected chi connectivity index (χ4v) is 6.14. The molecule has 2 N–H and O–H groups in total. The lowest BCUT2D eigenvalue weighted by Gasteiger charge is -2.21. The molecule has 9 nitrogen and oxygen atoms in total. The molecule has 174 valence electrons. The van der Waals surface area contributed by atoms with E-state index in [2.05, 4.69) is 9.88 Å². The molecule has 4 rings (SSSR count). The summed E-state index contributed by atoms with van der Waals surface area (Å²) in [6.45, 7) is 2.11. The van der Waals surface area contributed by atoms with Crippen LogP contribution in [-0.2, 0) is 26.0 Å². The number of nitrogens with one attached hydrogen (secondary N) is 1. The van der Waals surface area contributed by atoms with Crippen molar-refractivity contribution < 1.29 is 27.6 Å². The van der Waals surface area contributed by atoms with Crippen molar-refractivity contribution in [2.24, 2.45) is 0 Å². The van der Waals surface area contributed by atoms with E-state index in [4.69, 9.17) is 16.1 Å². The van der Waals surface area contributed by atoms with Crippen LogP contribution in [0.1, 0.15) is 24.1 Å². The third-order valence-corrected chi connectivity index (χ3v) is 8.15. The number of sulfonamides is 1. The highest BCUT2D eigenvalue weighted by Gasteiger charge is 2.30. The highest BCUT2D eigenvalue weighted by molar-refractivity contribution is 7.89. The zero-order valence-electron chi connectivity index (χ0n) is 17.4. The summed E-state index contributed by atoms with van der Waals surface area (Å²) >= 11 is 7.20. The number of hydrogen-bond acceptors (Lipinski definition) is 7. The number of amides is 1. The van der Waals surface area contributed by atoms with E-state index >= 15 is 0 Å². The predicted octanol–water partition coefficient (Wildman–Crippen LogP) is 3.47. The van der Waals surface area contributed by atoms with Gasteiger partial charge in [0.25, 0.3) is 0 Å². The molecule has 2 aromatic heterocycles. The first-order chi connectivity index (χ1) is 15.7. The second-order valence-corrected chi connectivity index (χ2v) is 10.9. The number of aliphatic carboxylic acids is 1. The molecule has 1 atom stereocenters. The summed E-state index contributed by atoms with van der Waals surface area (Å²) in [6, 6.07) is 8.12. The summed E-state index contributed by atoms with van der Waals surface area (Å²) in [6.07, 6.45) is 0.888. The van der Waals surface area contributed by atoms with Gasteiger partial charge in [0, 0.05) is 31.1 Å². The van der Waals surface area contributed by atoms with Crippen LogP contribution < -0.4 is 9.62 Å². The highest BCUT2D eigenvalue weighted by atomic mass is 35.5. The number of benzene rings is 1. The third-order valence-electron chi connectivity index (χ3n) is 5.29. The Labute approximate surface area is 199 Å². The summed E-state index contributed by atoms with van der Waals surface area (Å²) in [4.78, 5) is 26.2. The second-order valence-electron chi connectivity index (χ2n) is 7.55. The number of carbonyl (C=O) groups excluding carboxylic acids is 1. The normalized spacial score (nSPS) is 15.2. The minimum atomic E-state index is -4.21. The molecule has 0 unspecified atom stereocenters. The van der Waals surface area contributed by atoms with E-state index in [0.717, 1.165) is 4.88 Å². The number of aromatic nitrogens is 1. The van der Waals surface area contributed by atoms with E-state index in [-0.39, 0.29) is 22.9 Å². The summed E-state index contributed by atoms with van der Waals surface area (Å²) in [7, 11) is -4.21. The van der Waals surface area contributed by atoms with Crippen LogP contribution in [0.3, 0.4) is 0 Å². The van der Waals surface area contributed by atoms with Gasteiger partial charge >= 0.3 is 5.97 Å². The molecular formula is C21H20ClN3O6S2. The number of carboxylic acid groups (broad SMARTS) is 1. The van der Waals surface area contributed by atoms with Gasteiger partial charge in [-0.25, -0.2) is 8.42 Å². The average Bonchev–Trinajstić information content (AvgIpc) is 3.49. The third kappa shape index (κ3) is 4.96. The van der Waals surface area contributed by atoms with Crippen LogP contribution in [0.25, 0.3) is 10.6 Å². The number of nitrogens with zero attached hydrogens (tertiary/aromatic N) is 2. The molecule has 0 spiro atoms. The molecule has 3 aromatic rings. The molecule has 0 aliphatic carbocycles. The molecule has 1 saturated heterocycles. The fraction of sp³-hybridized carbons (Fsp3) is 0.286. The minimum Gasteiger partial charge on any atom is -0.480 e. The number of hydrogen-bond donors (Lipinski definition) is 2. The minimum absolute atomic E-state index is 0.0714. The molecule has 12 heteroatoms. The summed E-state index contributed by atoms with van der Waals surface area (Å²) in [5, 5.41) is 13.5. The molecule has 1 amide bonds. The Morgan fingerprint density at radius 3 is 2.79 bits per heavy atom. The fourth-order valence-electron chi connectivity index (χ4n) is 3.70. The molecule has 1 fully saturated rings. The first-order valence-electron chi connectivity index (χ1n) is 10.0. The van der Waals surface area contributed by atoms with Crippen molar-refractivity contribution in [3.63, 3.8) is 0 Å². The van der Waals surface area contributed by atoms with Crippen LogP contribution in [-0.4, -0.2) is 43.1 Å². The van der Waals surface area contributed by atoms with Gasteiger partial charge < -0.3 is 14.5 Å². The zero-order chi connectivity index (χ0) is 23.8. The molecule has 3 heterocycles. The van der Waals surface area contributed by atoms with Crippen molar-refractivity contribution >= 4 is 50.5 Å². The smallest absolute Gasteiger partial charge is 0.322 e. The number of rotatable bonds is 8. The Hall–Kier alpha value is -2.73. The number of carboxylic acids is 1. The van der Waals surface area contributed by atoms with E-state index in [1.165, 1.54) is 23.5 Å². The van der Waals surface area contributed by atoms with Crippen molar-refractivity contribution in [3.8, 4) is 10.6 Å². The lowest BCUT2D eigenvalue weighted by atomic mass is 10.1. The summed E-state index contributed by atoms with van der Waals surface area (Å²) in [5.41, 5.74) is 1.16. The van der Waals surface area contributed by atoms with Crippen LogP contribution in [0.2, 0.25) is 4.34 Å². The van der Waals surface area contributed by atoms with Gasteiger partial charge in [0.2, 0.25) is 15.9 Å². The molecule has 1 aliphatic rings. The standard InChI is InChI=1S/C21H20ClN3O6S2/c1-12-15(25-9-3-6-20(25)26)4-2-5-18(12)33(29,30)24-14(21(27)28)10-13-11-16(31-23-13)17-7-8-19(22)32-17/h2,4-5,7-8,11,14,24H,3,6,9-10H2,1H3,(H,27,28)/t14-/m0/s1. The summed E-state index contributed by atoms with van der Waals surface area (Å²) < 4.78 is 34.3. The Bertz CT molecular complexity index is 1320. The molecule has 0 radical (unpaired) electrons. The first kappa shape index (κ1) is 23.4. The Balaban J connectivity index is 1.56. The maximum absolute atomic E-state index is 13.1. The molecular weight excluding hydrogens is 490 g/mol. The topological polar surface area (TPSA) is 130 Å². The number of anilines is 1. The van der Waals surface area contributed by atoms with Crippen LogP contribution in [0.4, 0.5) is 5.69 Å². The average molecular weight is 510 g/mol. The van der Waals surface area contributed by atoms with Crippen molar-refractivity contribution in [2.45, 2.75) is 37.1 Å². The second kappa shape index (κ2) is 9.26. The monoisotopic (exact) mass is 509 g/mol. The highest BCUT2D eigenvalue weighted by Crippen LogP contribution is 2.32. The number of thiophene rings is 1. The maximum atomic E-state index is 13.1. The van der Waals surface area contributed by atoms with E-state index in [9.17, 15) is 23.1 Å². The Kier molecular flexibility index (Phi) is 6.57. The molecule has 1 aliphatic heterocycles. The van der Waals surface area contributed by atoms with Gasteiger partial charge in [0.15, 0.2) is 5.76 Å². The lowest BCUT2D eigenvalue weighted by Crippen LogP contribution is -2.42. The molecule has 33 heavy (non-hydrogen) atoms. The van der Waals surface area contributed by atoms with Gasteiger partial charge in [-0.1, -0.05) is 22.8 Å². The quantitative estimate of drug-likeness (QED) is 0.475. The van der Waals surface area contributed by atoms with Gasteiger partial charge in [-0.3, -0.25) is 9.59 Å². The van der Waals surface area contributed by atoms with Crippen LogP contribution in [0.15, 0.2) is 45.8 Å². The zero-order valence-corrected chi connectivity index (χ0v) is 19.8. The molecule has 1 aromatic carbocycles. The molecule has 0 saturated carbocycles. The van der Waals surface area contributed by atoms with E-state index < -0.39 is 22.0 Å². The van der Waals surface area contributed by atoms with Crippen molar-refractivity contribution in [1.82, 2.24) is 9.88 Å². The van der Waals surface area contributed by atoms with Gasteiger partial charge in [-0.15, -0.1) is 11.3 Å². The lowest BCUT2D eigenvalue weighted by molar-refractivity contribution is -0.139. The van der Waals surface area contributed by atoms with E-state index in [1.807, 2.05) is 0 Å². The first-order valence-corrected chi connectivity index (χ1v) is 12.7. The van der Waals surface area contributed by atoms with Gasteiger partial charge in [0.1, 0.15) is 6.04 Å². The summed E-state index contributed by atoms with van der Waals surface area (Å²) in [5.74, 6) is -1.02. The maximum Gasteiger partial charge on any atom is 0.322 e. The van der Waals surface area contributed by atoms with Crippen LogP contribution in [0, 0.1) is 6.92 Å². The number of halogens is 1. The van der Waals surface area contributed by atoms with Crippen LogP contribution >= 0.6 is 22.9 Å². The van der Waals surface area contributed by atoms with Crippen molar-refractivity contribution in [1.29, 1.82) is 0 Å². The van der Waals surface area contributed by atoms with Gasteiger partial charge in [0.05, 0.1) is 19.8 Å². The van der Waals surface area contributed by atoms with Gasteiger partial charge in [-0.05, 0) is 43.2 Å². The van der Waals surface area contributed by atoms with E-state index in [1.54, 1.807) is 36.1 Å². The van der Waals surface area contributed by atoms with Crippen LogP contribution in [0.5, 0.6) is 0 Å². The predicted molar refractivity (Wildman–Crippen MR) is 123 cm³/mol. The SMILES string of the molecule is Cc1c(N2CCCC2=O)cccc1S(=O)(=O)N[C@@H](Cc1cc(-c2ccc(Cl)s2)on1)C(=O)O. The number of carbonyl (C=O) groups is 2. The van der Waals surface area contributed by atoms with Crippen molar-refractivity contribution in [2.75, 3.05) is 11.4 Å². The molecule has 0 bridgehead atoms. The van der Waals surface area contributed by atoms with Crippen molar-refractivity contribution in [3.05, 3.63) is 52.0 Å². The largest absolute Gasteiger partial charge is 0.480 e. The van der Waals surface area contributed by atoms with E-state index in [0.29, 0.717) is 40.7 Å². The Morgan fingerprint density at radius 2 is 2.15 bits per heavy atom.